The van der Waals surface area contributed by atoms with E-state index in [0.29, 0.717) is 17.7 Å². The molecule has 0 bridgehead atoms. The summed E-state index contributed by atoms with van der Waals surface area (Å²) in [4.78, 5) is 19.0. The van der Waals surface area contributed by atoms with Gasteiger partial charge in [-0.2, -0.15) is 0 Å². The third-order valence-electron chi connectivity index (χ3n) is 3.69. The second-order valence-electron chi connectivity index (χ2n) is 5.41. The fourth-order valence-corrected chi connectivity index (χ4v) is 3.18. The number of fused-ring (bicyclic) bond motifs is 1. The monoisotopic (exact) mass is 307 g/mol. The molecule has 0 spiro atoms. The second kappa shape index (κ2) is 6.49. The van der Waals surface area contributed by atoms with Gasteiger partial charge in [0.2, 0.25) is 0 Å². The van der Waals surface area contributed by atoms with Crippen LogP contribution < -0.4 is 5.56 Å². The van der Waals surface area contributed by atoms with Gasteiger partial charge in [-0.3, -0.25) is 18.5 Å². The van der Waals surface area contributed by atoms with Crippen molar-refractivity contribution in [2.45, 2.75) is 19.5 Å². The van der Waals surface area contributed by atoms with Gasteiger partial charge in [0.05, 0.1) is 17.4 Å². The van der Waals surface area contributed by atoms with Crippen molar-refractivity contribution >= 4 is 21.7 Å². The average Bonchev–Trinajstić information content (AvgIpc) is 2.43. The number of rotatable bonds is 5. The molecule has 0 amide bonds. The maximum absolute atomic E-state index is 12.3. The van der Waals surface area contributed by atoms with Gasteiger partial charge in [0.25, 0.3) is 5.56 Å². The van der Waals surface area contributed by atoms with Gasteiger partial charge in [0.1, 0.15) is 5.82 Å². The molecular weight excluding hydrogens is 286 g/mol. The predicted molar refractivity (Wildman–Crippen MR) is 86.8 cm³/mol. The topological polar surface area (TPSA) is 55.2 Å². The van der Waals surface area contributed by atoms with Crippen LogP contribution in [0, 0.1) is 0 Å². The van der Waals surface area contributed by atoms with E-state index in [1.807, 2.05) is 32.2 Å². The maximum Gasteiger partial charge on any atom is 0.261 e. The predicted octanol–water partition coefficient (Wildman–Crippen LogP) is 1.13. The summed E-state index contributed by atoms with van der Waals surface area (Å²) in [6.07, 6.45) is 1.70. The molecule has 21 heavy (non-hydrogen) atoms. The van der Waals surface area contributed by atoms with Crippen molar-refractivity contribution in [3.05, 3.63) is 40.4 Å². The first-order valence-corrected chi connectivity index (χ1v) is 8.57. The zero-order chi connectivity index (χ0) is 15.6. The minimum absolute atomic E-state index is 0.0317. The molecule has 2 aromatic rings. The molecule has 5 nitrogen and oxygen atoms in total. The summed E-state index contributed by atoms with van der Waals surface area (Å²) in [5, 5.41) is 0.633. The van der Waals surface area contributed by atoms with E-state index in [2.05, 4.69) is 9.88 Å². The molecule has 6 heteroatoms. The van der Waals surface area contributed by atoms with E-state index in [1.165, 1.54) is 0 Å². The molecule has 1 aromatic carbocycles. The summed E-state index contributed by atoms with van der Waals surface area (Å²) in [5.74, 6) is 1.33. The molecule has 0 aliphatic heterocycles. The van der Waals surface area contributed by atoms with E-state index in [9.17, 15) is 9.00 Å². The lowest BCUT2D eigenvalue weighted by atomic mass is 10.2. The Balaban J connectivity index is 2.32. The smallest absolute Gasteiger partial charge is 0.261 e. The molecule has 114 valence electrons. The summed E-state index contributed by atoms with van der Waals surface area (Å²) < 4.78 is 12.9. The highest BCUT2D eigenvalue weighted by Gasteiger charge is 2.15. The Hall–Kier alpha value is -1.53. The zero-order valence-electron chi connectivity index (χ0n) is 12.9. The molecule has 2 atom stereocenters. The van der Waals surface area contributed by atoms with E-state index in [-0.39, 0.29) is 11.6 Å². The van der Waals surface area contributed by atoms with Crippen molar-refractivity contribution < 1.29 is 4.21 Å². The van der Waals surface area contributed by atoms with Gasteiger partial charge >= 0.3 is 0 Å². The summed E-state index contributed by atoms with van der Waals surface area (Å²) in [7, 11) is 2.86. The summed E-state index contributed by atoms with van der Waals surface area (Å²) in [6.45, 7) is 2.58. The van der Waals surface area contributed by atoms with Crippen LogP contribution >= 0.6 is 0 Å². The number of hydrogen-bond acceptors (Lipinski definition) is 4. The van der Waals surface area contributed by atoms with E-state index in [0.717, 1.165) is 11.3 Å². The van der Waals surface area contributed by atoms with Crippen LogP contribution in [0.5, 0.6) is 0 Å². The first-order valence-electron chi connectivity index (χ1n) is 6.85. The molecule has 0 saturated heterocycles. The minimum atomic E-state index is -0.837. The van der Waals surface area contributed by atoms with E-state index in [1.54, 1.807) is 23.9 Å². The van der Waals surface area contributed by atoms with Crippen LogP contribution in [-0.2, 0) is 24.4 Å². The Morgan fingerprint density at radius 3 is 2.71 bits per heavy atom. The molecule has 0 saturated carbocycles. The number of para-hydroxylation sites is 1. The van der Waals surface area contributed by atoms with Crippen LogP contribution in [0.1, 0.15) is 12.7 Å². The van der Waals surface area contributed by atoms with Crippen molar-refractivity contribution in [1.29, 1.82) is 0 Å². The third-order valence-corrected chi connectivity index (χ3v) is 4.65. The Labute approximate surface area is 127 Å². The maximum atomic E-state index is 12.3. The Morgan fingerprint density at radius 2 is 2.05 bits per heavy atom. The highest BCUT2D eigenvalue weighted by molar-refractivity contribution is 7.84. The van der Waals surface area contributed by atoms with Crippen LogP contribution in [0.4, 0.5) is 0 Å². The van der Waals surface area contributed by atoms with Crippen molar-refractivity contribution in [2.75, 3.05) is 19.1 Å². The van der Waals surface area contributed by atoms with Gasteiger partial charge < -0.3 is 0 Å². The average molecular weight is 307 g/mol. The number of nitrogens with zero attached hydrogens (tertiary/aromatic N) is 3. The molecule has 1 heterocycles. The quantitative estimate of drug-likeness (QED) is 0.831. The van der Waals surface area contributed by atoms with Crippen molar-refractivity contribution in [3.63, 3.8) is 0 Å². The van der Waals surface area contributed by atoms with Gasteiger partial charge in [-0.15, -0.1) is 0 Å². The molecule has 0 radical (unpaired) electrons. The first kappa shape index (κ1) is 15.9. The number of hydrogen-bond donors (Lipinski definition) is 0. The fourth-order valence-electron chi connectivity index (χ4n) is 2.25. The Morgan fingerprint density at radius 1 is 1.38 bits per heavy atom. The van der Waals surface area contributed by atoms with Crippen LogP contribution in [0.2, 0.25) is 0 Å². The van der Waals surface area contributed by atoms with Gasteiger partial charge in [0.15, 0.2) is 0 Å². The lowest BCUT2D eigenvalue weighted by molar-refractivity contribution is 0.258. The van der Waals surface area contributed by atoms with Gasteiger partial charge in [-0.1, -0.05) is 12.1 Å². The van der Waals surface area contributed by atoms with Gasteiger partial charge in [-0.05, 0) is 26.1 Å². The van der Waals surface area contributed by atoms with Crippen LogP contribution in [0.3, 0.4) is 0 Å². The fraction of sp³-hybridized carbons (Fsp3) is 0.467. The van der Waals surface area contributed by atoms with Crippen LogP contribution in [-0.4, -0.2) is 43.8 Å². The highest BCUT2D eigenvalue weighted by Crippen LogP contribution is 2.09. The second-order valence-corrected chi connectivity index (χ2v) is 6.89. The Bertz CT molecular complexity index is 726. The standard InChI is InChI=1S/C15H21N3O2S/c1-11(10-21(4)20)17(2)9-14-16-13-8-6-5-7-12(13)15(19)18(14)3/h5-8,11H,9-10H2,1-4H3/t11-,21+/m1/s1. The number of benzene rings is 1. The number of aromatic nitrogens is 2. The Kier molecular flexibility index (Phi) is 4.90. The summed E-state index contributed by atoms with van der Waals surface area (Å²) in [6, 6.07) is 7.53. The molecule has 1 aromatic heterocycles. The third kappa shape index (κ3) is 3.57. The molecule has 0 unspecified atom stereocenters. The largest absolute Gasteiger partial charge is 0.298 e. The lowest BCUT2D eigenvalue weighted by Gasteiger charge is -2.24. The SMILES string of the molecule is C[C@H](C[S@](C)=O)N(C)Cc1nc2ccccc2c(=O)n1C. The van der Waals surface area contributed by atoms with E-state index >= 15 is 0 Å². The normalized spacial score (nSPS) is 14.5. The molecule has 0 aliphatic rings. The highest BCUT2D eigenvalue weighted by atomic mass is 32.2. The van der Waals surface area contributed by atoms with Gasteiger partial charge in [-0.25, -0.2) is 4.98 Å². The van der Waals surface area contributed by atoms with Gasteiger partial charge in [0, 0.05) is 35.9 Å². The molecule has 0 N–H and O–H groups in total. The summed E-state index contributed by atoms with van der Waals surface area (Å²) in [5.41, 5.74) is 0.687. The molecule has 2 rings (SSSR count). The van der Waals surface area contributed by atoms with Crippen molar-refractivity contribution in [1.82, 2.24) is 14.5 Å². The van der Waals surface area contributed by atoms with Crippen LogP contribution in [0.15, 0.2) is 29.1 Å². The first-order chi connectivity index (χ1) is 9.90. The molecule has 0 fully saturated rings. The summed E-state index contributed by atoms with van der Waals surface area (Å²) >= 11 is 0. The minimum Gasteiger partial charge on any atom is -0.298 e. The van der Waals surface area contributed by atoms with E-state index in [4.69, 9.17) is 0 Å². The molecular formula is C15H21N3O2S. The molecule has 0 aliphatic carbocycles. The van der Waals surface area contributed by atoms with Crippen LogP contribution in [0.25, 0.3) is 10.9 Å². The van der Waals surface area contributed by atoms with Crippen molar-refractivity contribution in [2.24, 2.45) is 7.05 Å². The zero-order valence-corrected chi connectivity index (χ0v) is 13.7. The lowest BCUT2D eigenvalue weighted by Crippen LogP contribution is -2.35. The van der Waals surface area contributed by atoms with Crippen molar-refractivity contribution in [3.8, 4) is 0 Å². The van der Waals surface area contributed by atoms with E-state index < -0.39 is 10.8 Å².